The van der Waals surface area contributed by atoms with Crippen molar-refractivity contribution in [1.29, 1.82) is 5.26 Å². The van der Waals surface area contributed by atoms with Crippen molar-refractivity contribution >= 4 is 121 Å². The lowest BCUT2D eigenvalue weighted by atomic mass is 9.33. The average molecular weight is 740 g/mol. The van der Waals surface area contributed by atoms with Gasteiger partial charge >= 0.3 is 0 Å². The fraction of sp³-hybridized carbons (Fsp3) is 0. The first kappa shape index (κ1) is 30.7. The van der Waals surface area contributed by atoms with E-state index in [4.69, 9.17) is 0 Å². The zero-order valence-electron chi connectivity index (χ0n) is 30.2. The van der Waals surface area contributed by atoms with Crippen LogP contribution in [0.5, 0.6) is 0 Å². The summed E-state index contributed by atoms with van der Waals surface area (Å²) in [5, 5.41) is 18.6. The second kappa shape index (κ2) is 11.0. The Morgan fingerprint density at radius 2 is 1.21 bits per heavy atom. The van der Waals surface area contributed by atoms with E-state index in [9.17, 15) is 11.8 Å². The van der Waals surface area contributed by atoms with Gasteiger partial charge in [-0.05, 0) is 64.9 Å². The van der Waals surface area contributed by atoms with Gasteiger partial charge in [-0.3, -0.25) is 0 Å². The zero-order chi connectivity index (χ0) is 37.5. The molecule has 13 rings (SSSR count). The maximum Gasteiger partial charge on any atom is 0.250 e. The Labute approximate surface area is 331 Å². The molecule has 0 bridgehead atoms. The molecule has 8 aromatic carbocycles. The van der Waals surface area contributed by atoms with Crippen molar-refractivity contribution in [2.45, 2.75) is 0 Å². The quantitative estimate of drug-likeness (QED) is 0.131. The molecule has 7 heteroatoms. The first-order valence-corrected chi connectivity index (χ1v) is 19.9. The van der Waals surface area contributed by atoms with Gasteiger partial charge in [0.05, 0.1) is 45.7 Å². The van der Waals surface area contributed by atoms with Gasteiger partial charge in [0.2, 0.25) is 5.69 Å². The predicted molar refractivity (Wildman–Crippen MR) is 238 cm³/mol. The van der Waals surface area contributed by atoms with Gasteiger partial charge in [-0.25, -0.2) is 4.85 Å². The third-order valence-corrected chi connectivity index (χ3v) is 13.5. The molecule has 57 heavy (non-hydrogen) atoms. The first-order valence-electron chi connectivity index (χ1n) is 19.1. The van der Waals surface area contributed by atoms with Crippen LogP contribution in [0.15, 0.2) is 158 Å². The standard InChI is InChI=1S/C50H26BN5S/c1-53-46-49(55-39-22-9-6-17-31(39)34-27-44-35(26-42(34)55)32-18-7-12-25-43(32)57-44)36(28-52)48-45-50(46)56-40-23-10-5-16-30(40)33-19-13-21-38(47(33)56)51(45)37-20-8-11-24-41(37)54(48)29-14-3-2-4-15-29/h2-27H. The molecule has 0 aliphatic carbocycles. The van der Waals surface area contributed by atoms with Crippen LogP contribution in [0, 0.1) is 17.9 Å². The number of aromatic nitrogens is 2. The number of hydrogen-bond donors (Lipinski definition) is 0. The summed E-state index contributed by atoms with van der Waals surface area (Å²) in [5.41, 5.74) is 12.6. The smallest absolute Gasteiger partial charge is 0.250 e. The lowest BCUT2D eigenvalue weighted by Gasteiger charge is -2.42. The molecule has 0 N–H and O–H groups in total. The van der Waals surface area contributed by atoms with E-state index in [1.165, 1.54) is 25.6 Å². The van der Waals surface area contributed by atoms with Crippen LogP contribution in [-0.2, 0) is 0 Å². The van der Waals surface area contributed by atoms with Crippen LogP contribution in [0.2, 0.25) is 0 Å². The molecular weight excluding hydrogens is 713 g/mol. The minimum atomic E-state index is -0.205. The van der Waals surface area contributed by atoms with Gasteiger partial charge in [0.25, 0.3) is 6.71 Å². The van der Waals surface area contributed by atoms with E-state index >= 15 is 0 Å². The highest BCUT2D eigenvalue weighted by Crippen LogP contribution is 2.51. The predicted octanol–water partition coefficient (Wildman–Crippen LogP) is 11.3. The Bertz CT molecular complexity index is 3690. The largest absolute Gasteiger partial charge is 0.320 e. The van der Waals surface area contributed by atoms with Gasteiger partial charge in [-0.2, -0.15) is 5.26 Å². The maximum atomic E-state index is 11.8. The van der Waals surface area contributed by atoms with Crippen LogP contribution >= 0.6 is 11.3 Å². The molecule has 5 heterocycles. The van der Waals surface area contributed by atoms with E-state index < -0.39 is 0 Å². The van der Waals surface area contributed by atoms with Gasteiger partial charge in [0, 0.05) is 58.6 Å². The van der Waals surface area contributed by atoms with Crippen LogP contribution in [0.25, 0.3) is 80.0 Å². The Morgan fingerprint density at radius 1 is 0.544 bits per heavy atom. The maximum absolute atomic E-state index is 11.8. The summed E-state index contributed by atoms with van der Waals surface area (Å²) in [6, 6.07) is 58.5. The molecule has 2 aliphatic heterocycles. The molecule has 0 atom stereocenters. The van der Waals surface area contributed by atoms with Crippen LogP contribution in [0.1, 0.15) is 5.56 Å². The third kappa shape index (κ3) is 3.77. The van der Waals surface area contributed by atoms with Gasteiger partial charge < -0.3 is 14.0 Å². The van der Waals surface area contributed by atoms with Gasteiger partial charge in [-0.15, -0.1) is 11.3 Å². The van der Waals surface area contributed by atoms with Crippen LogP contribution in [0.3, 0.4) is 0 Å². The molecule has 3 aromatic heterocycles. The number of nitrogens with zero attached hydrogens (tertiary/aromatic N) is 5. The minimum Gasteiger partial charge on any atom is -0.320 e. The number of fused-ring (bicyclic) bond motifs is 13. The number of nitriles is 1. The monoisotopic (exact) mass is 739 g/mol. The molecule has 0 radical (unpaired) electrons. The molecule has 0 saturated heterocycles. The van der Waals surface area contributed by atoms with Crippen LogP contribution in [-0.4, -0.2) is 15.8 Å². The van der Waals surface area contributed by atoms with Gasteiger partial charge in [0.1, 0.15) is 6.07 Å². The van der Waals surface area contributed by atoms with Crippen molar-refractivity contribution < 1.29 is 0 Å². The van der Waals surface area contributed by atoms with Crippen molar-refractivity contribution in [3.63, 3.8) is 0 Å². The first-order chi connectivity index (χ1) is 28.2. The molecule has 0 amide bonds. The molecular formula is C50H26BN5S. The van der Waals surface area contributed by atoms with E-state index in [2.05, 4.69) is 177 Å². The van der Waals surface area contributed by atoms with Crippen molar-refractivity contribution in [3.05, 3.63) is 175 Å². The molecule has 0 spiro atoms. The Kier molecular flexibility index (Phi) is 5.94. The minimum absolute atomic E-state index is 0.205. The second-order valence-corrected chi connectivity index (χ2v) is 16.1. The summed E-state index contributed by atoms with van der Waals surface area (Å²) in [7, 11) is 0. The summed E-state index contributed by atoms with van der Waals surface area (Å²) in [5.74, 6) is 0. The molecule has 11 aromatic rings. The van der Waals surface area contributed by atoms with Gasteiger partial charge in [-0.1, -0.05) is 109 Å². The summed E-state index contributed by atoms with van der Waals surface area (Å²) >= 11 is 1.80. The molecule has 0 unspecified atom stereocenters. The molecule has 2 aliphatic rings. The SMILES string of the molecule is [C-]#[N+]c1c(-n2c3ccccc3c3cc4sc5ccccc5c4cc32)c(C#N)c2c3c1-n1c4ccccc4c4cccc(c41)B3c1ccccc1N2c1ccccc1. The number of hydrogen-bond acceptors (Lipinski definition) is 3. The highest BCUT2D eigenvalue weighted by Gasteiger charge is 2.45. The van der Waals surface area contributed by atoms with E-state index in [-0.39, 0.29) is 6.71 Å². The molecule has 5 nitrogen and oxygen atoms in total. The highest BCUT2D eigenvalue weighted by atomic mass is 32.1. The lowest BCUT2D eigenvalue weighted by Crippen LogP contribution is -2.60. The fourth-order valence-corrected chi connectivity index (χ4v) is 11.3. The van der Waals surface area contributed by atoms with Gasteiger partial charge in [0.15, 0.2) is 0 Å². The fourth-order valence-electron chi connectivity index (χ4n) is 10.2. The summed E-state index contributed by atoms with van der Waals surface area (Å²) in [4.78, 5) is 6.81. The Morgan fingerprint density at radius 3 is 2.02 bits per heavy atom. The topological polar surface area (TPSA) is 41.2 Å². The summed E-state index contributed by atoms with van der Waals surface area (Å²) < 4.78 is 7.01. The number of anilines is 3. The van der Waals surface area contributed by atoms with Crippen LogP contribution in [0.4, 0.5) is 22.7 Å². The van der Waals surface area contributed by atoms with E-state index in [1.807, 2.05) is 6.07 Å². The van der Waals surface area contributed by atoms with Crippen molar-refractivity contribution in [1.82, 2.24) is 9.13 Å². The second-order valence-electron chi connectivity index (χ2n) is 15.0. The molecule has 0 fully saturated rings. The van der Waals surface area contributed by atoms with Crippen molar-refractivity contribution in [3.8, 4) is 17.4 Å². The van der Waals surface area contributed by atoms with Crippen LogP contribution < -0.4 is 21.3 Å². The molecule has 0 saturated carbocycles. The molecule has 260 valence electrons. The number of rotatable bonds is 2. The number of thiophene rings is 1. The highest BCUT2D eigenvalue weighted by molar-refractivity contribution is 7.25. The normalized spacial score (nSPS) is 12.8. The van der Waals surface area contributed by atoms with E-state index in [0.29, 0.717) is 16.9 Å². The lowest BCUT2D eigenvalue weighted by molar-refractivity contribution is 1.13. The average Bonchev–Trinajstić information content (AvgIpc) is 3.91. The number of para-hydroxylation sites is 5. The zero-order valence-corrected chi connectivity index (χ0v) is 31.0. The van der Waals surface area contributed by atoms with E-state index in [0.717, 1.165) is 77.3 Å². The Balaban J connectivity index is 1.30. The van der Waals surface area contributed by atoms with E-state index in [1.54, 1.807) is 11.3 Å². The summed E-state index contributed by atoms with van der Waals surface area (Å²) in [6.45, 7) is 9.01. The Hall–Kier alpha value is -7.58. The summed E-state index contributed by atoms with van der Waals surface area (Å²) in [6.07, 6.45) is 0. The van der Waals surface area contributed by atoms with Crippen molar-refractivity contribution in [2.24, 2.45) is 0 Å². The number of benzene rings is 8. The third-order valence-electron chi connectivity index (χ3n) is 12.3. The van der Waals surface area contributed by atoms with Crippen molar-refractivity contribution in [2.75, 3.05) is 4.90 Å².